The minimum atomic E-state index is 0.597. The van der Waals surface area contributed by atoms with E-state index in [0.29, 0.717) is 11.5 Å². The lowest BCUT2D eigenvalue weighted by Gasteiger charge is -2.42. The molecule has 0 aromatic carbocycles. The molecule has 1 aliphatic carbocycles. The quantitative estimate of drug-likeness (QED) is 0.770. The molecule has 2 aliphatic rings. The first-order chi connectivity index (χ1) is 8.46. The summed E-state index contributed by atoms with van der Waals surface area (Å²) in [5.41, 5.74) is 0.597. The molecule has 0 amide bonds. The van der Waals surface area contributed by atoms with Gasteiger partial charge in [-0.2, -0.15) is 0 Å². The van der Waals surface area contributed by atoms with E-state index in [1.165, 1.54) is 51.7 Å². The summed E-state index contributed by atoms with van der Waals surface area (Å²) in [5, 5.41) is 3.64. The Morgan fingerprint density at radius 1 is 1.06 bits per heavy atom. The highest BCUT2D eigenvalue weighted by molar-refractivity contribution is 4.86. The van der Waals surface area contributed by atoms with Gasteiger partial charge in [-0.1, -0.05) is 20.8 Å². The maximum Gasteiger partial charge on any atom is 0.00957 e. The molecule has 1 heterocycles. The largest absolute Gasteiger partial charge is 0.314 e. The van der Waals surface area contributed by atoms with E-state index in [4.69, 9.17) is 0 Å². The Balaban J connectivity index is 1.90. The lowest BCUT2D eigenvalue weighted by Crippen LogP contribution is -2.48. The van der Waals surface area contributed by atoms with Crippen LogP contribution in [-0.4, -0.2) is 36.6 Å². The standard InChI is InChI=1S/C16H32N2/c1-13-11-17-14(2)7-10-18(12-13)15-5-8-16(3,4)9-6-15/h13-15,17H,5-12H2,1-4H3. The average Bonchev–Trinajstić information content (AvgIpc) is 2.30. The van der Waals surface area contributed by atoms with Gasteiger partial charge in [0.15, 0.2) is 0 Å². The molecule has 1 saturated heterocycles. The SMILES string of the molecule is CC1CNC(C)CCN(C2CCC(C)(C)CC2)C1. The third kappa shape index (κ3) is 3.96. The Hall–Kier alpha value is -0.0800. The Bertz CT molecular complexity index is 252. The fourth-order valence-corrected chi connectivity index (χ4v) is 3.50. The molecule has 2 atom stereocenters. The predicted octanol–water partition coefficient (Wildman–Crippen LogP) is 3.28. The van der Waals surface area contributed by atoms with E-state index in [0.717, 1.165) is 12.0 Å². The van der Waals surface area contributed by atoms with Crippen LogP contribution >= 0.6 is 0 Å². The summed E-state index contributed by atoms with van der Waals surface area (Å²) in [4.78, 5) is 2.80. The summed E-state index contributed by atoms with van der Waals surface area (Å²) in [6.45, 7) is 13.4. The van der Waals surface area contributed by atoms with Crippen LogP contribution in [0.15, 0.2) is 0 Å². The smallest absolute Gasteiger partial charge is 0.00957 e. The van der Waals surface area contributed by atoms with Crippen molar-refractivity contribution in [3.8, 4) is 0 Å². The maximum absolute atomic E-state index is 3.64. The first-order valence-corrected chi connectivity index (χ1v) is 7.94. The molecule has 106 valence electrons. The summed E-state index contributed by atoms with van der Waals surface area (Å²) in [7, 11) is 0. The molecule has 2 unspecified atom stereocenters. The zero-order valence-electron chi connectivity index (χ0n) is 12.8. The van der Waals surface area contributed by atoms with Crippen molar-refractivity contribution < 1.29 is 0 Å². The predicted molar refractivity (Wildman–Crippen MR) is 78.9 cm³/mol. The highest BCUT2D eigenvalue weighted by Crippen LogP contribution is 2.37. The lowest BCUT2D eigenvalue weighted by atomic mass is 9.75. The van der Waals surface area contributed by atoms with Crippen molar-refractivity contribution >= 4 is 0 Å². The molecular weight excluding hydrogens is 220 g/mol. The van der Waals surface area contributed by atoms with E-state index >= 15 is 0 Å². The number of nitrogens with one attached hydrogen (secondary N) is 1. The van der Waals surface area contributed by atoms with Gasteiger partial charge in [0.2, 0.25) is 0 Å². The van der Waals surface area contributed by atoms with Crippen LogP contribution in [0.3, 0.4) is 0 Å². The van der Waals surface area contributed by atoms with E-state index in [2.05, 4.69) is 37.9 Å². The van der Waals surface area contributed by atoms with Gasteiger partial charge in [-0.25, -0.2) is 0 Å². The van der Waals surface area contributed by atoms with Crippen molar-refractivity contribution in [2.75, 3.05) is 19.6 Å². The molecule has 0 bridgehead atoms. The second kappa shape index (κ2) is 5.92. The zero-order valence-corrected chi connectivity index (χ0v) is 12.8. The van der Waals surface area contributed by atoms with Crippen molar-refractivity contribution in [3.05, 3.63) is 0 Å². The van der Waals surface area contributed by atoms with Crippen LogP contribution in [-0.2, 0) is 0 Å². The van der Waals surface area contributed by atoms with Crippen LogP contribution in [0.25, 0.3) is 0 Å². The minimum Gasteiger partial charge on any atom is -0.314 e. The number of hydrogen-bond acceptors (Lipinski definition) is 2. The lowest BCUT2D eigenvalue weighted by molar-refractivity contribution is 0.0844. The van der Waals surface area contributed by atoms with Crippen molar-refractivity contribution in [3.63, 3.8) is 0 Å². The second-order valence-corrected chi connectivity index (χ2v) is 7.59. The summed E-state index contributed by atoms with van der Waals surface area (Å²) in [6, 6.07) is 1.56. The van der Waals surface area contributed by atoms with E-state index in [-0.39, 0.29) is 0 Å². The Kier molecular flexibility index (Phi) is 4.71. The molecule has 2 fully saturated rings. The average molecular weight is 252 g/mol. The van der Waals surface area contributed by atoms with Gasteiger partial charge in [-0.05, 0) is 63.5 Å². The molecular formula is C16H32N2. The summed E-state index contributed by atoms with van der Waals surface area (Å²) < 4.78 is 0. The highest BCUT2D eigenvalue weighted by Gasteiger charge is 2.31. The van der Waals surface area contributed by atoms with Gasteiger partial charge in [0.1, 0.15) is 0 Å². The van der Waals surface area contributed by atoms with E-state index in [1.807, 2.05) is 0 Å². The van der Waals surface area contributed by atoms with Crippen molar-refractivity contribution in [1.82, 2.24) is 10.2 Å². The highest BCUT2D eigenvalue weighted by atomic mass is 15.2. The van der Waals surface area contributed by atoms with Gasteiger partial charge in [-0.15, -0.1) is 0 Å². The number of rotatable bonds is 1. The Morgan fingerprint density at radius 2 is 1.72 bits per heavy atom. The molecule has 1 saturated carbocycles. The van der Waals surface area contributed by atoms with Gasteiger partial charge in [0, 0.05) is 18.6 Å². The van der Waals surface area contributed by atoms with Crippen LogP contribution in [0.5, 0.6) is 0 Å². The van der Waals surface area contributed by atoms with Crippen molar-refractivity contribution in [1.29, 1.82) is 0 Å². The molecule has 0 aromatic rings. The molecule has 2 nitrogen and oxygen atoms in total. The fourth-order valence-electron chi connectivity index (χ4n) is 3.50. The van der Waals surface area contributed by atoms with Crippen LogP contribution in [0.2, 0.25) is 0 Å². The molecule has 1 N–H and O–H groups in total. The second-order valence-electron chi connectivity index (χ2n) is 7.59. The normalized spacial score (nSPS) is 36.0. The summed E-state index contributed by atoms with van der Waals surface area (Å²) in [6.07, 6.45) is 6.97. The molecule has 2 heteroatoms. The molecule has 2 rings (SSSR count). The molecule has 18 heavy (non-hydrogen) atoms. The van der Waals surface area contributed by atoms with Crippen molar-refractivity contribution in [2.24, 2.45) is 11.3 Å². The third-order valence-corrected chi connectivity index (χ3v) is 5.04. The first-order valence-electron chi connectivity index (χ1n) is 7.94. The number of nitrogens with zero attached hydrogens (tertiary/aromatic N) is 1. The van der Waals surface area contributed by atoms with E-state index in [1.54, 1.807) is 0 Å². The first kappa shape index (κ1) is 14.3. The summed E-state index contributed by atoms with van der Waals surface area (Å²) >= 11 is 0. The maximum atomic E-state index is 3.64. The summed E-state index contributed by atoms with van der Waals surface area (Å²) in [5.74, 6) is 0.794. The Morgan fingerprint density at radius 3 is 2.39 bits per heavy atom. The zero-order chi connectivity index (χ0) is 13.2. The number of hydrogen-bond donors (Lipinski definition) is 1. The topological polar surface area (TPSA) is 15.3 Å². The van der Waals surface area contributed by atoms with Gasteiger partial charge in [0.25, 0.3) is 0 Å². The van der Waals surface area contributed by atoms with Gasteiger partial charge >= 0.3 is 0 Å². The molecule has 0 spiro atoms. The Labute approximate surface area is 114 Å². The molecule has 1 aliphatic heterocycles. The van der Waals surface area contributed by atoms with Crippen LogP contribution in [0.4, 0.5) is 0 Å². The van der Waals surface area contributed by atoms with E-state index in [9.17, 15) is 0 Å². The van der Waals surface area contributed by atoms with Gasteiger partial charge in [0.05, 0.1) is 0 Å². The van der Waals surface area contributed by atoms with Crippen LogP contribution < -0.4 is 5.32 Å². The third-order valence-electron chi connectivity index (χ3n) is 5.04. The van der Waals surface area contributed by atoms with Crippen LogP contribution in [0, 0.1) is 11.3 Å². The molecule has 0 radical (unpaired) electrons. The fraction of sp³-hybridized carbons (Fsp3) is 1.00. The van der Waals surface area contributed by atoms with Gasteiger partial charge in [-0.3, -0.25) is 0 Å². The van der Waals surface area contributed by atoms with Crippen LogP contribution in [0.1, 0.15) is 59.8 Å². The van der Waals surface area contributed by atoms with Crippen molar-refractivity contribution in [2.45, 2.75) is 71.9 Å². The monoisotopic (exact) mass is 252 g/mol. The minimum absolute atomic E-state index is 0.597. The van der Waals surface area contributed by atoms with Gasteiger partial charge < -0.3 is 10.2 Å². The van der Waals surface area contributed by atoms with E-state index < -0.39 is 0 Å². The molecule has 0 aromatic heterocycles.